The van der Waals surface area contributed by atoms with Crippen LogP contribution < -0.4 is 10.6 Å². The maximum absolute atomic E-state index is 12.1. The van der Waals surface area contributed by atoms with Gasteiger partial charge in [-0.2, -0.15) is 0 Å². The van der Waals surface area contributed by atoms with E-state index in [0.29, 0.717) is 18.0 Å². The maximum Gasteiger partial charge on any atom is 0.285 e. The summed E-state index contributed by atoms with van der Waals surface area (Å²) in [5.41, 5.74) is 0.542. The number of carbonyl (C=O) groups is 1. The highest BCUT2D eigenvalue weighted by Gasteiger charge is 2.22. The van der Waals surface area contributed by atoms with E-state index in [4.69, 9.17) is 0 Å². The average molecular weight is 291 g/mol. The summed E-state index contributed by atoms with van der Waals surface area (Å²) in [7, 11) is 0. The minimum Gasteiger partial charge on any atom is -0.352 e. The zero-order valence-electron chi connectivity index (χ0n) is 12.2. The van der Waals surface area contributed by atoms with E-state index in [2.05, 4.69) is 10.6 Å². The number of amides is 1. The molecular formula is C15H21N3O3. The average Bonchev–Trinajstić information content (AvgIpc) is 2.47. The molecule has 0 bridgehead atoms. The number of hydrogen-bond donors (Lipinski definition) is 2. The smallest absolute Gasteiger partial charge is 0.285 e. The first-order valence-corrected chi connectivity index (χ1v) is 7.32. The van der Waals surface area contributed by atoms with Gasteiger partial charge < -0.3 is 10.6 Å². The van der Waals surface area contributed by atoms with E-state index >= 15 is 0 Å². The van der Waals surface area contributed by atoms with Crippen molar-refractivity contribution >= 4 is 11.6 Å². The number of carbonyl (C=O) groups excluding carboxylic acids is 1. The lowest BCUT2D eigenvalue weighted by molar-refractivity contribution is -0.385. The van der Waals surface area contributed by atoms with Gasteiger partial charge in [-0.3, -0.25) is 14.9 Å². The van der Waals surface area contributed by atoms with Crippen LogP contribution in [-0.2, 0) is 0 Å². The number of hydrogen-bond acceptors (Lipinski definition) is 4. The van der Waals surface area contributed by atoms with Crippen molar-refractivity contribution in [3.8, 4) is 0 Å². The highest BCUT2D eigenvalue weighted by molar-refractivity contribution is 5.98. The summed E-state index contributed by atoms with van der Waals surface area (Å²) in [5.74, 6) is 0.209. The molecule has 0 aliphatic carbocycles. The predicted molar refractivity (Wildman–Crippen MR) is 80.4 cm³/mol. The molecule has 1 heterocycles. The normalized spacial score (nSPS) is 18.2. The van der Waals surface area contributed by atoms with Crippen LogP contribution in [0.1, 0.15) is 35.2 Å². The standard InChI is InChI=1S/C15H21N3O3/c1-11-4-2-6-13(14(11)18(20)21)15(19)17-9-7-12-5-3-8-16-10-12/h2,4,6,12,16H,3,5,7-10H2,1H3,(H,17,19). The second-order valence-electron chi connectivity index (χ2n) is 5.49. The van der Waals surface area contributed by atoms with Gasteiger partial charge in [0, 0.05) is 12.1 Å². The van der Waals surface area contributed by atoms with Crippen LogP contribution in [-0.4, -0.2) is 30.5 Å². The molecule has 1 aromatic rings. The molecule has 1 aromatic carbocycles. The van der Waals surface area contributed by atoms with Gasteiger partial charge in [0.15, 0.2) is 0 Å². The second kappa shape index (κ2) is 7.17. The molecule has 1 aliphatic heterocycles. The Morgan fingerprint density at radius 3 is 3.00 bits per heavy atom. The number of nitrogens with zero attached hydrogens (tertiary/aromatic N) is 1. The largest absolute Gasteiger partial charge is 0.352 e. The molecule has 1 saturated heterocycles. The fraction of sp³-hybridized carbons (Fsp3) is 0.533. The number of benzene rings is 1. The molecule has 1 fully saturated rings. The van der Waals surface area contributed by atoms with Crippen LogP contribution in [0.25, 0.3) is 0 Å². The van der Waals surface area contributed by atoms with Crippen LogP contribution in [0.4, 0.5) is 5.69 Å². The lowest BCUT2D eigenvalue weighted by Gasteiger charge is -2.22. The summed E-state index contributed by atoms with van der Waals surface area (Å²) in [4.78, 5) is 22.7. The molecule has 1 aliphatic rings. The number of rotatable bonds is 5. The van der Waals surface area contributed by atoms with Crippen LogP contribution >= 0.6 is 0 Å². The Bertz CT molecular complexity index is 525. The highest BCUT2D eigenvalue weighted by Crippen LogP contribution is 2.23. The van der Waals surface area contributed by atoms with Gasteiger partial charge in [0.25, 0.3) is 11.6 Å². The van der Waals surface area contributed by atoms with Crippen molar-refractivity contribution in [3.05, 3.63) is 39.4 Å². The third kappa shape index (κ3) is 4.01. The zero-order valence-corrected chi connectivity index (χ0v) is 12.2. The second-order valence-corrected chi connectivity index (χ2v) is 5.49. The Labute approximate surface area is 124 Å². The van der Waals surface area contributed by atoms with Crippen molar-refractivity contribution in [3.63, 3.8) is 0 Å². The first kappa shape index (κ1) is 15.4. The molecule has 2 N–H and O–H groups in total. The highest BCUT2D eigenvalue weighted by atomic mass is 16.6. The molecule has 6 nitrogen and oxygen atoms in total. The van der Waals surface area contributed by atoms with Crippen molar-refractivity contribution in [1.82, 2.24) is 10.6 Å². The van der Waals surface area contributed by atoms with Gasteiger partial charge in [0.2, 0.25) is 0 Å². The van der Waals surface area contributed by atoms with Crippen molar-refractivity contribution in [2.24, 2.45) is 5.92 Å². The van der Waals surface area contributed by atoms with Gasteiger partial charge in [-0.1, -0.05) is 12.1 Å². The van der Waals surface area contributed by atoms with Crippen LogP contribution in [0.3, 0.4) is 0 Å². The Morgan fingerprint density at radius 1 is 1.52 bits per heavy atom. The molecule has 1 atom stereocenters. The Hall–Kier alpha value is -1.95. The number of aryl methyl sites for hydroxylation is 1. The number of nitro benzene ring substituents is 1. The molecular weight excluding hydrogens is 270 g/mol. The van der Waals surface area contributed by atoms with E-state index in [-0.39, 0.29) is 17.2 Å². The van der Waals surface area contributed by atoms with E-state index in [1.807, 2.05) is 0 Å². The van der Waals surface area contributed by atoms with E-state index in [1.54, 1.807) is 19.1 Å². The lowest BCUT2D eigenvalue weighted by Crippen LogP contribution is -2.33. The van der Waals surface area contributed by atoms with Gasteiger partial charge in [-0.15, -0.1) is 0 Å². The van der Waals surface area contributed by atoms with Crippen LogP contribution in [0.15, 0.2) is 18.2 Å². The van der Waals surface area contributed by atoms with Gasteiger partial charge >= 0.3 is 0 Å². The van der Waals surface area contributed by atoms with Crippen molar-refractivity contribution in [2.45, 2.75) is 26.2 Å². The maximum atomic E-state index is 12.1. The number of para-hydroxylation sites is 1. The molecule has 0 aromatic heterocycles. The third-order valence-corrected chi connectivity index (χ3v) is 3.90. The Kier molecular flexibility index (Phi) is 5.27. The van der Waals surface area contributed by atoms with Crippen LogP contribution in [0.2, 0.25) is 0 Å². The predicted octanol–water partition coefficient (Wildman–Crippen LogP) is 2.02. The molecule has 0 radical (unpaired) electrons. The molecule has 0 spiro atoms. The number of piperidine rings is 1. The number of nitrogens with one attached hydrogen (secondary N) is 2. The van der Waals surface area contributed by atoms with Gasteiger partial charge in [-0.25, -0.2) is 0 Å². The van der Waals surface area contributed by atoms with E-state index < -0.39 is 4.92 Å². The van der Waals surface area contributed by atoms with Crippen LogP contribution in [0.5, 0.6) is 0 Å². The van der Waals surface area contributed by atoms with Crippen LogP contribution in [0, 0.1) is 23.0 Å². The molecule has 1 unspecified atom stereocenters. The number of nitro groups is 1. The van der Waals surface area contributed by atoms with E-state index in [1.165, 1.54) is 18.9 Å². The van der Waals surface area contributed by atoms with Gasteiger partial charge in [0.1, 0.15) is 5.56 Å². The Morgan fingerprint density at radius 2 is 2.33 bits per heavy atom. The van der Waals surface area contributed by atoms with Gasteiger partial charge in [-0.05, 0) is 51.3 Å². The lowest BCUT2D eigenvalue weighted by atomic mass is 9.96. The molecule has 0 saturated carbocycles. The topological polar surface area (TPSA) is 84.3 Å². The minimum absolute atomic E-state index is 0.102. The summed E-state index contributed by atoms with van der Waals surface area (Å²) in [6, 6.07) is 4.81. The first-order valence-electron chi connectivity index (χ1n) is 7.32. The van der Waals surface area contributed by atoms with E-state index in [0.717, 1.165) is 19.5 Å². The van der Waals surface area contributed by atoms with E-state index in [9.17, 15) is 14.9 Å². The minimum atomic E-state index is -0.491. The molecule has 114 valence electrons. The first-order chi connectivity index (χ1) is 10.1. The summed E-state index contributed by atoms with van der Waals surface area (Å²) in [6.45, 7) is 4.25. The summed E-state index contributed by atoms with van der Waals surface area (Å²) in [6.07, 6.45) is 3.24. The SMILES string of the molecule is Cc1cccc(C(=O)NCCC2CCCNC2)c1[N+](=O)[O-]. The summed E-state index contributed by atoms with van der Waals surface area (Å²) in [5, 5.41) is 17.2. The fourth-order valence-corrected chi connectivity index (χ4v) is 2.74. The Balaban J connectivity index is 1.94. The monoisotopic (exact) mass is 291 g/mol. The van der Waals surface area contributed by atoms with Crippen molar-refractivity contribution < 1.29 is 9.72 Å². The molecule has 2 rings (SSSR count). The molecule has 21 heavy (non-hydrogen) atoms. The third-order valence-electron chi connectivity index (χ3n) is 3.90. The van der Waals surface area contributed by atoms with Gasteiger partial charge in [0.05, 0.1) is 4.92 Å². The summed E-state index contributed by atoms with van der Waals surface area (Å²) < 4.78 is 0. The molecule has 1 amide bonds. The summed E-state index contributed by atoms with van der Waals surface area (Å²) >= 11 is 0. The van der Waals surface area contributed by atoms with Crippen molar-refractivity contribution in [1.29, 1.82) is 0 Å². The molecule has 6 heteroatoms. The van der Waals surface area contributed by atoms with Crippen molar-refractivity contribution in [2.75, 3.05) is 19.6 Å². The zero-order chi connectivity index (χ0) is 15.2. The quantitative estimate of drug-likeness (QED) is 0.642. The fourth-order valence-electron chi connectivity index (χ4n) is 2.74.